The molecule has 8 heteroatoms. The number of benzene rings is 2. The Bertz CT molecular complexity index is 935. The maximum atomic E-state index is 14.2. The van der Waals surface area contributed by atoms with Gasteiger partial charge in [0.05, 0.1) is 12.2 Å². The van der Waals surface area contributed by atoms with Crippen molar-refractivity contribution < 1.29 is 23.0 Å². The van der Waals surface area contributed by atoms with E-state index in [4.69, 9.17) is 16.3 Å². The predicted octanol–water partition coefficient (Wildman–Crippen LogP) is 6.26. The number of aliphatic hydroxyl groups is 1. The molecule has 0 bridgehead atoms. The van der Waals surface area contributed by atoms with Gasteiger partial charge in [-0.3, -0.25) is 0 Å². The van der Waals surface area contributed by atoms with Crippen molar-refractivity contribution in [2.75, 3.05) is 18.5 Å². The van der Waals surface area contributed by atoms with Crippen LogP contribution >= 0.6 is 27.5 Å². The van der Waals surface area contributed by atoms with E-state index in [0.717, 1.165) is 0 Å². The normalized spacial score (nSPS) is 19.2. The quantitative estimate of drug-likeness (QED) is 0.549. The average molecular weight is 493 g/mol. The van der Waals surface area contributed by atoms with Crippen LogP contribution in [0, 0.1) is 0 Å². The molecule has 1 aliphatic heterocycles. The Labute approximate surface area is 181 Å². The number of likely N-dealkylation sites (N-methyl/N-ethyl adjacent to an activating group) is 1. The highest BCUT2D eigenvalue weighted by molar-refractivity contribution is 9.10. The van der Waals surface area contributed by atoms with Crippen LogP contribution in [0.5, 0.6) is 5.75 Å². The third-order valence-corrected chi connectivity index (χ3v) is 6.12. The molecule has 0 radical (unpaired) electrons. The minimum absolute atomic E-state index is 0.148. The molecular weight excluding hydrogens is 471 g/mol. The molecule has 2 unspecified atom stereocenters. The predicted molar refractivity (Wildman–Crippen MR) is 112 cm³/mol. The molecule has 3 nitrogen and oxygen atoms in total. The van der Waals surface area contributed by atoms with Gasteiger partial charge in [0.15, 0.2) is 5.60 Å². The number of fused-ring (bicyclic) bond motifs is 1. The first-order valence-corrected chi connectivity index (χ1v) is 10.2. The molecule has 0 aromatic heterocycles. The Morgan fingerprint density at radius 3 is 2.45 bits per heavy atom. The zero-order valence-corrected chi connectivity index (χ0v) is 18.8. The Morgan fingerprint density at radius 1 is 1.21 bits per heavy atom. The zero-order chi connectivity index (χ0) is 21.8. The molecule has 0 aliphatic carbocycles. The SMILES string of the molecule is CC(c1ccc(Br)cc1Cl)C(O)(c1ccc2c(c1)N(C)CC(C)(C)O2)C(F)(F)F. The van der Waals surface area contributed by atoms with Crippen LogP contribution in [-0.4, -0.2) is 30.5 Å². The summed E-state index contributed by atoms with van der Waals surface area (Å²) in [5, 5.41) is 11.2. The lowest BCUT2D eigenvalue weighted by Crippen LogP contribution is -2.48. The van der Waals surface area contributed by atoms with E-state index < -0.39 is 23.3 Å². The van der Waals surface area contributed by atoms with Crippen molar-refractivity contribution in [3.63, 3.8) is 0 Å². The molecule has 2 aromatic rings. The molecule has 3 rings (SSSR count). The Kier molecular flexibility index (Phi) is 5.65. The van der Waals surface area contributed by atoms with E-state index in [2.05, 4.69) is 15.9 Å². The standard InChI is InChI=1S/C21H22BrClF3NO2/c1-12(15-7-6-14(22)10-16(15)23)20(28,21(24,25)26)13-5-8-18-17(9-13)27(4)11-19(2,3)29-18/h5-10,12,28H,11H2,1-4H3. The minimum Gasteiger partial charge on any atom is -0.484 e. The monoisotopic (exact) mass is 491 g/mol. The highest BCUT2D eigenvalue weighted by atomic mass is 79.9. The second-order valence-corrected chi connectivity index (χ2v) is 9.37. The van der Waals surface area contributed by atoms with Crippen molar-refractivity contribution in [1.82, 2.24) is 0 Å². The molecule has 2 atom stereocenters. The van der Waals surface area contributed by atoms with Gasteiger partial charge in [0.2, 0.25) is 0 Å². The summed E-state index contributed by atoms with van der Waals surface area (Å²) in [4.78, 5) is 1.83. The van der Waals surface area contributed by atoms with Gasteiger partial charge >= 0.3 is 6.18 Å². The third kappa shape index (κ3) is 3.97. The number of hydrogen-bond donors (Lipinski definition) is 1. The van der Waals surface area contributed by atoms with Gasteiger partial charge in [0.25, 0.3) is 0 Å². The third-order valence-electron chi connectivity index (χ3n) is 5.30. The highest BCUT2D eigenvalue weighted by Gasteiger charge is 2.59. The summed E-state index contributed by atoms with van der Waals surface area (Å²) in [7, 11) is 1.79. The maximum Gasteiger partial charge on any atom is 0.422 e. The van der Waals surface area contributed by atoms with Crippen LogP contribution < -0.4 is 9.64 Å². The van der Waals surface area contributed by atoms with E-state index in [1.165, 1.54) is 37.3 Å². The van der Waals surface area contributed by atoms with Crippen LogP contribution in [0.15, 0.2) is 40.9 Å². The summed E-state index contributed by atoms with van der Waals surface area (Å²) in [5.74, 6) is -0.862. The smallest absolute Gasteiger partial charge is 0.422 e. The van der Waals surface area contributed by atoms with Gasteiger partial charge in [-0.05, 0) is 49.2 Å². The summed E-state index contributed by atoms with van der Waals surface area (Å²) in [5.41, 5.74) is -3.16. The molecule has 1 N–H and O–H groups in total. The Hall–Kier alpha value is -1.44. The molecule has 2 aromatic carbocycles. The summed E-state index contributed by atoms with van der Waals surface area (Å²) < 4.78 is 49.3. The second kappa shape index (κ2) is 7.36. The van der Waals surface area contributed by atoms with E-state index in [1.807, 2.05) is 18.7 Å². The molecule has 0 spiro atoms. The van der Waals surface area contributed by atoms with Crippen molar-refractivity contribution in [3.8, 4) is 5.75 Å². The first kappa shape index (κ1) is 22.2. The van der Waals surface area contributed by atoms with Crippen molar-refractivity contribution in [2.45, 2.75) is 44.1 Å². The first-order valence-electron chi connectivity index (χ1n) is 9.05. The summed E-state index contributed by atoms with van der Waals surface area (Å²) >= 11 is 9.45. The number of halogens is 5. The molecular formula is C21H22BrClF3NO2. The van der Waals surface area contributed by atoms with Crippen LogP contribution in [0.1, 0.15) is 37.8 Å². The van der Waals surface area contributed by atoms with Crippen molar-refractivity contribution in [2.24, 2.45) is 0 Å². The van der Waals surface area contributed by atoms with E-state index >= 15 is 0 Å². The minimum atomic E-state index is -4.93. The fourth-order valence-corrected chi connectivity index (χ4v) is 4.70. The largest absolute Gasteiger partial charge is 0.484 e. The fourth-order valence-electron chi connectivity index (χ4n) is 3.86. The maximum absolute atomic E-state index is 14.2. The number of ether oxygens (including phenoxy) is 1. The Morgan fingerprint density at radius 2 is 1.86 bits per heavy atom. The Balaban J connectivity index is 2.14. The van der Waals surface area contributed by atoms with E-state index in [1.54, 1.807) is 13.1 Å². The summed E-state index contributed by atoms with van der Waals surface area (Å²) in [6.45, 7) is 5.64. The van der Waals surface area contributed by atoms with Crippen LogP contribution in [0.3, 0.4) is 0 Å². The first-order chi connectivity index (χ1) is 13.3. The van der Waals surface area contributed by atoms with Gasteiger partial charge < -0.3 is 14.7 Å². The van der Waals surface area contributed by atoms with Gasteiger partial charge in [-0.15, -0.1) is 0 Å². The number of nitrogens with zero attached hydrogens (tertiary/aromatic N) is 1. The van der Waals surface area contributed by atoms with Crippen molar-refractivity contribution >= 4 is 33.2 Å². The summed E-state index contributed by atoms with van der Waals surface area (Å²) in [6.07, 6.45) is -4.93. The lowest BCUT2D eigenvalue weighted by molar-refractivity contribution is -0.274. The molecule has 0 saturated heterocycles. The van der Waals surface area contributed by atoms with E-state index in [9.17, 15) is 18.3 Å². The van der Waals surface area contributed by atoms with Crippen LogP contribution in [-0.2, 0) is 5.60 Å². The highest BCUT2D eigenvalue weighted by Crippen LogP contribution is 2.51. The molecule has 158 valence electrons. The zero-order valence-electron chi connectivity index (χ0n) is 16.4. The van der Waals surface area contributed by atoms with Crippen molar-refractivity contribution in [1.29, 1.82) is 0 Å². The van der Waals surface area contributed by atoms with Crippen molar-refractivity contribution in [3.05, 3.63) is 57.0 Å². The number of hydrogen-bond acceptors (Lipinski definition) is 3. The summed E-state index contributed by atoms with van der Waals surface area (Å²) in [6, 6.07) is 8.70. The van der Waals surface area contributed by atoms with Crippen LogP contribution in [0.25, 0.3) is 0 Å². The molecule has 29 heavy (non-hydrogen) atoms. The number of rotatable bonds is 3. The van der Waals surface area contributed by atoms with E-state index in [-0.39, 0.29) is 16.1 Å². The van der Waals surface area contributed by atoms with Crippen LogP contribution in [0.4, 0.5) is 18.9 Å². The second-order valence-electron chi connectivity index (χ2n) is 8.05. The average Bonchev–Trinajstić information content (AvgIpc) is 2.58. The van der Waals surface area contributed by atoms with Gasteiger partial charge in [0, 0.05) is 22.5 Å². The molecule has 1 heterocycles. The fraction of sp³-hybridized carbons (Fsp3) is 0.429. The number of alkyl halides is 3. The van der Waals surface area contributed by atoms with Crippen LogP contribution in [0.2, 0.25) is 5.02 Å². The topological polar surface area (TPSA) is 32.7 Å². The lowest BCUT2D eigenvalue weighted by atomic mass is 9.77. The van der Waals surface area contributed by atoms with Gasteiger partial charge in [-0.25, -0.2) is 0 Å². The lowest BCUT2D eigenvalue weighted by Gasteiger charge is -2.41. The van der Waals surface area contributed by atoms with Gasteiger partial charge in [-0.1, -0.05) is 46.6 Å². The molecule has 1 aliphatic rings. The molecule has 0 amide bonds. The van der Waals surface area contributed by atoms with E-state index in [0.29, 0.717) is 22.5 Å². The molecule has 0 saturated carbocycles. The molecule has 0 fully saturated rings. The van der Waals surface area contributed by atoms with Gasteiger partial charge in [0.1, 0.15) is 11.4 Å². The number of anilines is 1. The van der Waals surface area contributed by atoms with Gasteiger partial charge in [-0.2, -0.15) is 13.2 Å².